The number of nitrogens with two attached hydrogens (primary N) is 1. The molecule has 1 atom stereocenters. The second kappa shape index (κ2) is 4.40. The maximum atomic E-state index is 6.31. The summed E-state index contributed by atoms with van der Waals surface area (Å²) >= 11 is 0. The highest BCUT2D eigenvalue weighted by molar-refractivity contribution is 5.19. The van der Waals surface area contributed by atoms with E-state index in [2.05, 4.69) is 32.8 Å². The number of rotatable bonds is 4. The van der Waals surface area contributed by atoms with Gasteiger partial charge < -0.3 is 5.73 Å². The van der Waals surface area contributed by atoms with Crippen LogP contribution in [0.4, 0.5) is 0 Å². The van der Waals surface area contributed by atoms with Gasteiger partial charge >= 0.3 is 0 Å². The SMILES string of the molecule is CCC(N)(Cc1ccccc1)c1nn[nH]n1. The third kappa shape index (κ3) is 2.09. The van der Waals surface area contributed by atoms with E-state index in [0.29, 0.717) is 12.2 Å². The summed E-state index contributed by atoms with van der Waals surface area (Å²) in [5, 5.41) is 14.0. The number of tetrazole rings is 1. The van der Waals surface area contributed by atoms with Crippen molar-refractivity contribution in [1.29, 1.82) is 0 Å². The summed E-state index contributed by atoms with van der Waals surface area (Å²) in [5.41, 5.74) is 6.94. The quantitative estimate of drug-likeness (QED) is 0.800. The molecule has 1 aromatic carbocycles. The fourth-order valence-electron chi connectivity index (χ4n) is 1.69. The third-order valence-corrected chi connectivity index (χ3v) is 2.78. The molecular weight excluding hydrogens is 202 g/mol. The second-order valence-corrected chi connectivity index (χ2v) is 3.91. The van der Waals surface area contributed by atoms with Crippen molar-refractivity contribution in [3.63, 3.8) is 0 Å². The van der Waals surface area contributed by atoms with E-state index in [-0.39, 0.29) is 0 Å². The first-order chi connectivity index (χ1) is 7.74. The van der Waals surface area contributed by atoms with E-state index in [1.54, 1.807) is 0 Å². The molecule has 0 aliphatic heterocycles. The lowest BCUT2D eigenvalue weighted by Gasteiger charge is -2.24. The molecule has 2 rings (SSSR count). The van der Waals surface area contributed by atoms with Gasteiger partial charge in [0.25, 0.3) is 0 Å². The molecule has 1 aromatic heterocycles. The Bertz CT molecular complexity index is 425. The van der Waals surface area contributed by atoms with Gasteiger partial charge in [-0.15, -0.1) is 10.2 Å². The Hall–Kier alpha value is -1.75. The molecule has 0 saturated carbocycles. The average Bonchev–Trinajstić information content (AvgIpc) is 2.84. The Morgan fingerprint density at radius 3 is 2.62 bits per heavy atom. The summed E-state index contributed by atoms with van der Waals surface area (Å²) in [6, 6.07) is 10.1. The summed E-state index contributed by atoms with van der Waals surface area (Å²) < 4.78 is 0. The topological polar surface area (TPSA) is 80.5 Å². The predicted molar refractivity (Wildman–Crippen MR) is 60.5 cm³/mol. The number of hydrogen-bond acceptors (Lipinski definition) is 4. The van der Waals surface area contributed by atoms with Gasteiger partial charge in [-0.1, -0.05) is 42.5 Å². The summed E-state index contributed by atoms with van der Waals surface area (Å²) in [5.74, 6) is 0.568. The van der Waals surface area contributed by atoms with Gasteiger partial charge in [-0.25, -0.2) is 0 Å². The largest absolute Gasteiger partial charge is 0.318 e. The maximum absolute atomic E-state index is 6.31. The highest BCUT2D eigenvalue weighted by Crippen LogP contribution is 2.22. The molecule has 0 amide bonds. The number of benzene rings is 1. The summed E-state index contributed by atoms with van der Waals surface area (Å²) in [4.78, 5) is 0. The van der Waals surface area contributed by atoms with E-state index in [9.17, 15) is 0 Å². The highest BCUT2D eigenvalue weighted by atomic mass is 15.5. The number of aromatic nitrogens is 4. The lowest BCUT2D eigenvalue weighted by Crippen LogP contribution is -2.39. The molecule has 0 saturated heterocycles. The van der Waals surface area contributed by atoms with Crippen LogP contribution in [0.15, 0.2) is 30.3 Å². The van der Waals surface area contributed by atoms with E-state index in [4.69, 9.17) is 5.73 Å². The molecule has 0 aliphatic carbocycles. The van der Waals surface area contributed by atoms with Gasteiger partial charge in [0.1, 0.15) is 0 Å². The smallest absolute Gasteiger partial charge is 0.194 e. The zero-order chi connectivity index (χ0) is 11.4. The lowest BCUT2D eigenvalue weighted by atomic mass is 9.88. The maximum Gasteiger partial charge on any atom is 0.194 e. The van der Waals surface area contributed by atoms with E-state index in [0.717, 1.165) is 6.42 Å². The Kier molecular flexibility index (Phi) is 2.96. The number of aromatic amines is 1. The van der Waals surface area contributed by atoms with Gasteiger partial charge in [0, 0.05) is 0 Å². The Morgan fingerprint density at radius 1 is 1.31 bits per heavy atom. The van der Waals surface area contributed by atoms with Gasteiger partial charge in [-0.3, -0.25) is 0 Å². The first kappa shape index (κ1) is 10.8. The molecule has 0 aliphatic rings. The van der Waals surface area contributed by atoms with Crippen molar-refractivity contribution in [2.45, 2.75) is 25.3 Å². The second-order valence-electron chi connectivity index (χ2n) is 3.91. The molecule has 16 heavy (non-hydrogen) atoms. The molecule has 0 bridgehead atoms. The normalized spacial score (nSPS) is 14.6. The van der Waals surface area contributed by atoms with Crippen molar-refractivity contribution in [2.75, 3.05) is 0 Å². The monoisotopic (exact) mass is 217 g/mol. The summed E-state index contributed by atoms with van der Waals surface area (Å²) in [6.45, 7) is 2.03. The zero-order valence-corrected chi connectivity index (χ0v) is 9.22. The van der Waals surface area contributed by atoms with Crippen molar-refractivity contribution < 1.29 is 0 Å². The standard InChI is InChI=1S/C11H15N5/c1-2-11(12,10-13-15-16-14-10)8-9-6-4-3-5-7-9/h3-7H,2,8,12H2,1H3,(H,13,14,15,16). The molecule has 0 fully saturated rings. The van der Waals surface area contributed by atoms with Crippen LogP contribution in [-0.4, -0.2) is 20.6 Å². The number of nitrogens with zero attached hydrogens (tertiary/aromatic N) is 3. The first-order valence-electron chi connectivity index (χ1n) is 5.31. The zero-order valence-electron chi connectivity index (χ0n) is 9.22. The molecule has 1 heterocycles. The van der Waals surface area contributed by atoms with Gasteiger partial charge in [-0.2, -0.15) is 5.21 Å². The van der Waals surface area contributed by atoms with Crippen LogP contribution in [0.3, 0.4) is 0 Å². The van der Waals surface area contributed by atoms with Crippen molar-refractivity contribution >= 4 is 0 Å². The van der Waals surface area contributed by atoms with Crippen LogP contribution < -0.4 is 5.73 Å². The minimum atomic E-state index is -0.547. The van der Waals surface area contributed by atoms with Gasteiger partial charge in [0.2, 0.25) is 0 Å². The van der Waals surface area contributed by atoms with Crippen LogP contribution >= 0.6 is 0 Å². The summed E-state index contributed by atoms with van der Waals surface area (Å²) in [7, 11) is 0. The molecule has 84 valence electrons. The molecule has 2 aromatic rings. The van der Waals surface area contributed by atoms with Crippen molar-refractivity contribution in [1.82, 2.24) is 20.6 Å². The number of H-pyrrole nitrogens is 1. The van der Waals surface area contributed by atoms with Gasteiger partial charge in [0.05, 0.1) is 5.54 Å². The Morgan fingerprint density at radius 2 is 2.06 bits per heavy atom. The van der Waals surface area contributed by atoms with Crippen molar-refractivity contribution in [3.05, 3.63) is 41.7 Å². The number of nitrogens with one attached hydrogen (secondary N) is 1. The Balaban J connectivity index is 2.23. The first-order valence-corrected chi connectivity index (χ1v) is 5.31. The summed E-state index contributed by atoms with van der Waals surface area (Å²) in [6.07, 6.45) is 1.48. The van der Waals surface area contributed by atoms with E-state index >= 15 is 0 Å². The van der Waals surface area contributed by atoms with Crippen LogP contribution in [0.5, 0.6) is 0 Å². The van der Waals surface area contributed by atoms with Crippen LogP contribution in [0, 0.1) is 0 Å². The van der Waals surface area contributed by atoms with Crippen molar-refractivity contribution in [2.24, 2.45) is 5.73 Å². The fourth-order valence-corrected chi connectivity index (χ4v) is 1.69. The molecular formula is C11H15N5. The lowest BCUT2D eigenvalue weighted by molar-refractivity contribution is 0.399. The third-order valence-electron chi connectivity index (χ3n) is 2.78. The highest BCUT2D eigenvalue weighted by Gasteiger charge is 2.30. The molecule has 5 nitrogen and oxygen atoms in total. The van der Waals surface area contributed by atoms with Crippen molar-refractivity contribution in [3.8, 4) is 0 Å². The van der Waals surface area contributed by atoms with Crippen LogP contribution in [0.1, 0.15) is 24.7 Å². The predicted octanol–water partition coefficient (Wildman–Crippen LogP) is 1.01. The minimum absolute atomic E-state index is 0.547. The fraction of sp³-hybridized carbons (Fsp3) is 0.364. The van der Waals surface area contributed by atoms with E-state index in [1.165, 1.54) is 5.56 Å². The Labute approximate surface area is 94.1 Å². The number of hydrogen-bond donors (Lipinski definition) is 2. The molecule has 5 heteroatoms. The van der Waals surface area contributed by atoms with Gasteiger partial charge in [0.15, 0.2) is 5.82 Å². The van der Waals surface area contributed by atoms with E-state index in [1.807, 2.05) is 25.1 Å². The molecule has 0 spiro atoms. The van der Waals surface area contributed by atoms with Crippen LogP contribution in [0.2, 0.25) is 0 Å². The van der Waals surface area contributed by atoms with Crippen LogP contribution in [0.25, 0.3) is 0 Å². The molecule has 3 N–H and O–H groups in total. The molecule has 0 radical (unpaired) electrons. The van der Waals surface area contributed by atoms with Crippen LogP contribution in [-0.2, 0) is 12.0 Å². The minimum Gasteiger partial charge on any atom is -0.318 e. The van der Waals surface area contributed by atoms with Gasteiger partial charge in [-0.05, 0) is 18.4 Å². The average molecular weight is 217 g/mol. The molecule has 1 unspecified atom stereocenters. The van der Waals surface area contributed by atoms with E-state index < -0.39 is 5.54 Å².